The van der Waals surface area contributed by atoms with Gasteiger partial charge >= 0.3 is 0 Å². The van der Waals surface area contributed by atoms with Gasteiger partial charge < -0.3 is 4.74 Å². The first-order valence-electron chi connectivity index (χ1n) is 6.42. The van der Waals surface area contributed by atoms with E-state index in [0.717, 1.165) is 5.75 Å². The van der Waals surface area contributed by atoms with Crippen LogP contribution in [0.2, 0.25) is 0 Å². The molecule has 17 heavy (non-hydrogen) atoms. The third-order valence-electron chi connectivity index (χ3n) is 3.11. The first kappa shape index (κ1) is 12.0. The van der Waals surface area contributed by atoms with Crippen molar-refractivity contribution in [3.8, 4) is 5.75 Å². The molecule has 2 rings (SSSR count). The van der Waals surface area contributed by atoms with Gasteiger partial charge in [-0.3, -0.25) is 0 Å². The lowest BCUT2D eigenvalue weighted by Gasteiger charge is -2.13. The Morgan fingerprint density at radius 1 is 1.06 bits per heavy atom. The molecular weight excluding hydrogens is 208 g/mol. The summed E-state index contributed by atoms with van der Waals surface area (Å²) in [6.07, 6.45) is 10.7. The van der Waals surface area contributed by atoms with Crippen molar-refractivity contribution in [3.05, 3.63) is 48.1 Å². The SMILES string of the molecule is C=CCOc1ccc(C=C2CCCCC2)cc1. The highest BCUT2D eigenvalue weighted by molar-refractivity contribution is 5.54. The van der Waals surface area contributed by atoms with Crippen LogP contribution in [0.1, 0.15) is 37.7 Å². The van der Waals surface area contributed by atoms with E-state index in [1.165, 1.54) is 37.7 Å². The van der Waals surface area contributed by atoms with Gasteiger partial charge in [0, 0.05) is 0 Å². The molecule has 0 aromatic heterocycles. The summed E-state index contributed by atoms with van der Waals surface area (Å²) in [5.74, 6) is 0.913. The number of hydrogen-bond donors (Lipinski definition) is 0. The van der Waals surface area contributed by atoms with Crippen molar-refractivity contribution in [2.75, 3.05) is 6.61 Å². The second kappa shape index (κ2) is 6.29. The van der Waals surface area contributed by atoms with Gasteiger partial charge in [-0.2, -0.15) is 0 Å². The summed E-state index contributed by atoms with van der Waals surface area (Å²) in [6, 6.07) is 8.30. The molecule has 0 atom stereocenters. The monoisotopic (exact) mass is 228 g/mol. The lowest BCUT2D eigenvalue weighted by atomic mass is 9.93. The second-order valence-electron chi connectivity index (χ2n) is 4.53. The van der Waals surface area contributed by atoms with Crippen LogP contribution in [0.5, 0.6) is 5.75 Å². The molecule has 0 spiro atoms. The molecule has 1 aliphatic rings. The molecule has 0 aliphatic heterocycles. The summed E-state index contributed by atoms with van der Waals surface area (Å²) in [7, 11) is 0. The van der Waals surface area contributed by atoms with Crippen molar-refractivity contribution >= 4 is 6.08 Å². The number of rotatable bonds is 4. The maximum Gasteiger partial charge on any atom is 0.119 e. The molecule has 1 aromatic rings. The third-order valence-corrected chi connectivity index (χ3v) is 3.11. The highest BCUT2D eigenvalue weighted by atomic mass is 16.5. The molecule has 1 fully saturated rings. The zero-order valence-electron chi connectivity index (χ0n) is 10.3. The maximum absolute atomic E-state index is 5.46. The predicted molar refractivity (Wildman–Crippen MR) is 73.2 cm³/mol. The number of ether oxygens (including phenoxy) is 1. The van der Waals surface area contributed by atoms with Crippen LogP contribution in [-0.2, 0) is 0 Å². The highest BCUT2D eigenvalue weighted by Crippen LogP contribution is 2.25. The molecular formula is C16H20O. The Labute approximate surface area is 104 Å². The molecule has 1 nitrogen and oxygen atoms in total. The minimum absolute atomic E-state index is 0.570. The number of hydrogen-bond acceptors (Lipinski definition) is 1. The molecule has 0 N–H and O–H groups in total. The van der Waals surface area contributed by atoms with Crippen molar-refractivity contribution in [3.63, 3.8) is 0 Å². The van der Waals surface area contributed by atoms with Crippen molar-refractivity contribution in [2.45, 2.75) is 32.1 Å². The number of allylic oxidation sites excluding steroid dienone is 1. The van der Waals surface area contributed by atoms with E-state index in [-0.39, 0.29) is 0 Å². The molecule has 90 valence electrons. The van der Waals surface area contributed by atoms with Gasteiger partial charge in [0.2, 0.25) is 0 Å². The number of benzene rings is 1. The van der Waals surface area contributed by atoms with Gasteiger partial charge in [-0.05, 0) is 43.4 Å². The molecule has 1 aliphatic carbocycles. The quantitative estimate of drug-likeness (QED) is 0.684. The van der Waals surface area contributed by atoms with Crippen molar-refractivity contribution in [2.24, 2.45) is 0 Å². The Hall–Kier alpha value is -1.50. The van der Waals surface area contributed by atoms with Crippen molar-refractivity contribution < 1.29 is 4.74 Å². The van der Waals surface area contributed by atoms with E-state index in [1.54, 1.807) is 11.6 Å². The molecule has 0 amide bonds. The Balaban J connectivity index is 1.99. The summed E-state index contributed by atoms with van der Waals surface area (Å²) in [4.78, 5) is 0. The topological polar surface area (TPSA) is 9.23 Å². The van der Waals surface area contributed by atoms with Crippen molar-refractivity contribution in [1.29, 1.82) is 0 Å². The zero-order chi connectivity index (χ0) is 11.9. The molecule has 1 heteroatoms. The molecule has 0 radical (unpaired) electrons. The molecule has 0 unspecified atom stereocenters. The van der Waals surface area contributed by atoms with Gasteiger partial charge in [0.05, 0.1) is 0 Å². The summed E-state index contributed by atoms with van der Waals surface area (Å²) in [5.41, 5.74) is 2.88. The van der Waals surface area contributed by atoms with Crippen LogP contribution >= 0.6 is 0 Å². The minimum Gasteiger partial charge on any atom is -0.490 e. The van der Waals surface area contributed by atoms with E-state index in [9.17, 15) is 0 Å². The van der Waals surface area contributed by atoms with E-state index in [0.29, 0.717) is 6.61 Å². The first-order chi connectivity index (χ1) is 8.38. The van der Waals surface area contributed by atoms with E-state index < -0.39 is 0 Å². The summed E-state index contributed by atoms with van der Waals surface area (Å²) in [6.45, 7) is 4.21. The van der Waals surface area contributed by atoms with Crippen LogP contribution in [0.15, 0.2) is 42.5 Å². The Morgan fingerprint density at radius 2 is 1.76 bits per heavy atom. The standard InChI is InChI=1S/C16H20O/c1-2-12-17-16-10-8-15(9-11-16)13-14-6-4-3-5-7-14/h2,8-11,13H,1,3-7,12H2. The zero-order valence-corrected chi connectivity index (χ0v) is 10.3. The van der Waals surface area contributed by atoms with Crippen LogP contribution < -0.4 is 4.74 Å². The fourth-order valence-corrected chi connectivity index (χ4v) is 2.20. The summed E-state index contributed by atoms with van der Waals surface area (Å²) >= 11 is 0. The fraction of sp³-hybridized carbons (Fsp3) is 0.375. The Morgan fingerprint density at radius 3 is 2.41 bits per heavy atom. The average molecular weight is 228 g/mol. The molecule has 0 bridgehead atoms. The lowest BCUT2D eigenvalue weighted by molar-refractivity contribution is 0.363. The Bertz CT molecular complexity index is 378. The van der Waals surface area contributed by atoms with Crippen LogP contribution in [0.3, 0.4) is 0 Å². The smallest absolute Gasteiger partial charge is 0.119 e. The van der Waals surface area contributed by atoms with Crippen LogP contribution in [-0.4, -0.2) is 6.61 Å². The van der Waals surface area contributed by atoms with Crippen LogP contribution in [0.4, 0.5) is 0 Å². The molecule has 0 heterocycles. The van der Waals surface area contributed by atoms with Gasteiger partial charge in [-0.15, -0.1) is 0 Å². The normalized spacial score (nSPS) is 15.4. The van der Waals surface area contributed by atoms with Crippen molar-refractivity contribution in [1.82, 2.24) is 0 Å². The summed E-state index contributed by atoms with van der Waals surface area (Å²) < 4.78 is 5.46. The molecule has 1 saturated carbocycles. The highest BCUT2D eigenvalue weighted by Gasteiger charge is 2.04. The van der Waals surface area contributed by atoms with Gasteiger partial charge in [0.1, 0.15) is 12.4 Å². The van der Waals surface area contributed by atoms with Crippen LogP contribution in [0, 0.1) is 0 Å². The fourth-order valence-electron chi connectivity index (χ4n) is 2.20. The van der Waals surface area contributed by atoms with Gasteiger partial charge in [0.25, 0.3) is 0 Å². The predicted octanol–water partition coefficient (Wildman–Crippen LogP) is 4.60. The Kier molecular flexibility index (Phi) is 4.43. The van der Waals surface area contributed by atoms with E-state index >= 15 is 0 Å². The lowest BCUT2D eigenvalue weighted by Crippen LogP contribution is -1.94. The van der Waals surface area contributed by atoms with Crippen LogP contribution in [0.25, 0.3) is 6.08 Å². The third kappa shape index (κ3) is 3.77. The largest absolute Gasteiger partial charge is 0.490 e. The molecule has 1 aromatic carbocycles. The van der Waals surface area contributed by atoms with E-state index in [2.05, 4.69) is 24.8 Å². The summed E-state index contributed by atoms with van der Waals surface area (Å²) in [5, 5.41) is 0. The van der Waals surface area contributed by atoms with Gasteiger partial charge in [0.15, 0.2) is 0 Å². The van der Waals surface area contributed by atoms with E-state index in [4.69, 9.17) is 4.74 Å². The maximum atomic E-state index is 5.46. The second-order valence-corrected chi connectivity index (χ2v) is 4.53. The van der Waals surface area contributed by atoms with Gasteiger partial charge in [-0.1, -0.05) is 42.9 Å². The minimum atomic E-state index is 0.570. The average Bonchev–Trinajstić information content (AvgIpc) is 2.39. The first-order valence-corrected chi connectivity index (χ1v) is 6.42. The molecule has 0 saturated heterocycles. The van der Waals surface area contributed by atoms with Gasteiger partial charge in [-0.25, -0.2) is 0 Å². The van der Waals surface area contributed by atoms with E-state index in [1.807, 2.05) is 12.1 Å².